The second-order valence-corrected chi connectivity index (χ2v) is 5.73. The van der Waals surface area contributed by atoms with Gasteiger partial charge in [0.1, 0.15) is 5.02 Å². The number of nitro benzene ring substituents is 1. The number of benzene rings is 2. The zero-order valence-corrected chi connectivity index (χ0v) is 13.4. The van der Waals surface area contributed by atoms with Gasteiger partial charge in [0.25, 0.3) is 11.6 Å². The highest BCUT2D eigenvalue weighted by Crippen LogP contribution is 2.25. The van der Waals surface area contributed by atoms with Crippen molar-refractivity contribution < 1.29 is 9.72 Å². The van der Waals surface area contributed by atoms with Gasteiger partial charge in [0.15, 0.2) is 0 Å². The fourth-order valence-corrected chi connectivity index (χ4v) is 2.45. The van der Waals surface area contributed by atoms with Crippen molar-refractivity contribution in [3.63, 3.8) is 0 Å². The van der Waals surface area contributed by atoms with Crippen molar-refractivity contribution in [1.29, 1.82) is 0 Å². The Morgan fingerprint density at radius 3 is 2.57 bits per heavy atom. The molecule has 1 N–H and O–H groups in total. The van der Waals surface area contributed by atoms with E-state index in [0.29, 0.717) is 5.56 Å². The smallest absolute Gasteiger partial charge is 0.287 e. The van der Waals surface area contributed by atoms with Gasteiger partial charge >= 0.3 is 0 Å². The maximum absolute atomic E-state index is 12.2. The Labute approximate surface area is 139 Å². The number of nitrogens with zero attached hydrogens (tertiary/aromatic N) is 1. The highest BCUT2D eigenvalue weighted by molar-refractivity contribution is 6.33. The number of nitro groups is 1. The summed E-state index contributed by atoms with van der Waals surface area (Å²) >= 11 is 5.82. The third-order valence-electron chi connectivity index (χ3n) is 3.49. The molecule has 0 radical (unpaired) electrons. The summed E-state index contributed by atoms with van der Waals surface area (Å²) in [6.07, 6.45) is 1.67. The summed E-state index contributed by atoms with van der Waals surface area (Å²) in [7, 11) is 0. The normalized spacial score (nSPS) is 11.7. The Morgan fingerprint density at radius 2 is 1.96 bits per heavy atom. The summed E-state index contributed by atoms with van der Waals surface area (Å²) in [6, 6.07) is 14.0. The van der Waals surface area contributed by atoms with Crippen molar-refractivity contribution >= 4 is 23.2 Å². The van der Waals surface area contributed by atoms with E-state index >= 15 is 0 Å². The number of halogens is 1. The van der Waals surface area contributed by atoms with E-state index in [4.69, 9.17) is 11.6 Å². The maximum Gasteiger partial charge on any atom is 0.287 e. The number of hydrogen-bond acceptors (Lipinski definition) is 3. The van der Waals surface area contributed by atoms with Gasteiger partial charge < -0.3 is 5.32 Å². The standard InChI is InChI=1S/C17H17ClN2O3/c1-12(7-8-13-5-3-2-4-6-13)19-17(21)14-9-10-16(20(22)23)15(18)11-14/h2-6,9-12H,7-8H2,1H3,(H,19,21). The van der Waals surface area contributed by atoms with Gasteiger partial charge in [-0.3, -0.25) is 14.9 Å². The predicted octanol–water partition coefficient (Wildman–Crippen LogP) is 4.00. The van der Waals surface area contributed by atoms with Crippen LogP contribution in [0.3, 0.4) is 0 Å². The maximum atomic E-state index is 12.2. The molecule has 2 aromatic rings. The molecule has 1 amide bonds. The Balaban J connectivity index is 1.93. The molecule has 1 unspecified atom stereocenters. The predicted molar refractivity (Wildman–Crippen MR) is 89.8 cm³/mol. The van der Waals surface area contributed by atoms with Crippen molar-refractivity contribution in [2.75, 3.05) is 0 Å². The van der Waals surface area contributed by atoms with E-state index < -0.39 is 4.92 Å². The van der Waals surface area contributed by atoms with Crippen LogP contribution in [0.4, 0.5) is 5.69 Å². The van der Waals surface area contributed by atoms with Gasteiger partial charge in [-0.25, -0.2) is 0 Å². The van der Waals surface area contributed by atoms with E-state index in [1.165, 1.54) is 23.8 Å². The zero-order chi connectivity index (χ0) is 16.8. The molecule has 6 heteroatoms. The number of hydrogen-bond donors (Lipinski definition) is 1. The summed E-state index contributed by atoms with van der Waals surface area (Å²) in [4.78, 5) is 22.3. The van der Waals surface area contributed by atoms with E-state index in [1.54, 1.807) is 0 Å². The SMILES string of the molecule is CC(CCc1ccccc1)NC(=O)c1ccc([N+](=O)[O-])c(Cl)c1. The summed E-state index contributed by atoms with van der Waals surface area (Å²) in [6.45, 7) is 1.92. The molecule has 0 heterocycles. The first-order chi connectivity index (χ1) is 11.0. The highest BCUT2D eigenvalue weighted by Gasteiger charge is 2.16. The third kappa shape index (κ3) is 4.79. The minimum atomic E-state index is -0.577. The second kappa shape index (κ2) is 7.74. The van der Waals surface area contributed by atoms with Crippen molar-refractivity contribution in [2.24, 2.45) is 0 Å². The molecule has 5 nitrogen and oxygen atoms in total. The topological polar surface area (TPSA) is 72.2 Å². The van der Waals surface area contributed by atoms with E-state index in [0.717, 1.165) is 12.8 Å². The number of rotatable bonds is 6. The van der Waals surface area contributed by atoms with Crippen LogP contribution >= 0.6 is 11.6 Å². The second-order valence-electron chi connectivity index (χ2n) is 5.32. The monoisotopic (exact) mass is 332 g/mol. The highest BCUT2D eigenvalue weighted by atomic mass is 35.5. The first-order valence-corrected chi connectivity index (χ1v) is 7.64. The Hall–Kier alpha value is -2.40. The average Bonchev–Trinajstić information content (AvgIpc) is 2.53. The molecule has 0 bridgehead atoms. The first-order valence-electron chi connectivity index (χ1n) is 7.26. The van der Waals surface area contributed by atoms with E-state index in [2.05, 4.69) is 5.32 Å². The molecule has 120 valence electrons. The third-order valence-corrected chi connectivity index (χ3v) is 3.80. The summed E-state index contributed by atoms with van der Waals surface area (Å²) in [5.74, 6) is -0.289. The molecule has 0 aromatic heterocycles. The summed E-state index contributed by atoms with van der Waals surface area (Å²) in [5, 5.41) is 13.6. The fraction of sp³-hybridized carbons (Fsp3) is 0.235. The summed E-state index contributed by atoms with van der Waals surface area (Å²) < 4.78 is 0. The fourth-order valence-electron chi connectivity index (χ4n) is 2.20. The Morgan fingerprint density at radius 1 is 1.26 bits per heavy atom. The van der Waals surface area contributed by atoms with Gasteiger partial charge in [-0.05, 0) is 37.5 Å². The van der Waals surface area contributed by atoms with E-state index in [1.807, 2.05) is 37.3 Å². The van der Waals surface area contributed by atoms with Crippen LogP contribution < -0.4 is 5.32 Å². The van der Waals surface area contributed by atoms with Crippen LogP contribution in [0.1, 0.15) is 29.3 Å². The Bertz CT molecular complexity index is 704. The quantitative estimate of drug-likeness (QED) is 0.642. The molecule has 0 saturated heterocycles. The number of carbonyl (C=O) groups is 1. The van der Waals surface area contributed by atoms with Gasteiger partial charge in [-0.15, -0.1) is 0 Å². The molecule has 0 aliphatic carbocycles. The van der Waals surface area contributed by atoms with Gasteiger partial charge in [-0.1, -0.05) is 41.9 Å². The lowest BCUT2D eigenvalue weighted by molar-refractivity contribution is -0.384. The van der Waals surface area contributed by atoms with Crippen LogP contribution in [0.15, 0.2) is 48.5 Å². The van der Waals surface area contributed by atoms with E-state index in [9.17, 15) is 14.9 Å². The first kappa shape index (κ1) is 17.0. The minimum absolute atomic E-state index is 0.0170. The molecule has 2 aromatic carbocycles. The molecule has 23 heavy (non-hydrogen) atoms. The van der Waals surface area contributed by atoms with Crippen LogP contribution in [0.2, 0.25) is 5.02 Å². The van der Waals surface area contributed by atoms with Crippen molar-refractivity contribution in [2.45, 2.75) is 25.8 Å². The minimum Gasteiger partial charge on any atom is -0.350 e. The van der Waals surface area contributed by atoms with Crippen LogP contribution in [0.5, 0.6) is 0 Å². The van der Waals surface area contributed by atoms with Crippen molar-refractivity contribution in [3.8, 4) is 0 Å². The molecule has 0 aliphatic rings. The number of aryl methyl sites for hydroxylation is 1. The zero-order valence-electron chi connectivity index (χ0n) is 12.7. The molecule has 0 saturated carbocycles. The molecule has 2 rings (SSSR count). The lowest BCUT2D eigenvalue weighted by Crippen LogP contribution is -2.32. The number of carbonyl (C=O) groups excluding carboxylic acids is 1. The number of nitrogens with one attached hydrogen (secondary N) is 1. The molecular weight excluding hydrogens is 316 g/mol. The molecule has 1 atom stereocenters. The molecular formula is C17H17ClN2O3. The van der Waals surface area contributed by atoms with Gasteiger partial charge in [0.2, 0.25) is 0 Å². The van der Waals surface area contributed by atoms with Gasteiger partial charge in [0, 0.05) is 17.7 Å². The summed E-state index contributed by atoms with van der Waals surface area (Å²) in [5.41, 5.74) is 1.32. The van der Waals surface area contributed by atoms with Crippen molar-refractivity contribution in [1.82, 2.24) is 5.32 Å². The van der Waals surface area contributed by atoms with Gasteiger partial charge in [0.05, 0.1) is 4.92 Å². The molecule has 0 aliphatic heterocycles. The molecule has 0 fully saturated rings. The van der Waals surface area contributed by atoms with Crippen LogP contribution in [0, 0.1) is 10.1 Å². The van der Waals surface area contributed by atoms with Crippen LogP contribution in [0.25, 0.3) is 0 Å². The lowest BCUT2D eigenvalue weighted by atomic mass is 10.1. The number of amides is 1. The molecule has 0 spiro atoms. The van der Waals surface area contributed by atoms with Crippen LogP contribution in [-0.4, -0.2) is 16.9 Å². The lowest BCUT2D eigenvalue weighted by Gasteiger charge is -2.14. The van der Waals surface area contributed by atoms with Crippen molar-refractivity contribution in [3.05, 3.63) is 74.8 Å². The van der Waals surface area contributed by atoms with Crippen LogP contribution in [-0.2, 0) is 6.42 Å². The van der Waals surface area contributed by atoms with Gasteiger partial charge in [-0.2, -0.15) is 0 Å². The van der Waals surface area contributed by atoms with E-state index in [-0.39, 0.29) is 22.7 Å². The largest absolute Gasteiger partial charge is 0.350 e. The Kier molecular flexibility index (Phi) is 5.71. The average molecular weight is 333 g/mol.